The third-order valence-corrected chi connectivity index (χ3v) is 8.90. The van der Waals surface area contributed by atoms with Gasteiger partial charge >= 0.3 is 5.69 Å². The van der Waals surface area contributed by atoms with E-state index in [1.807, 2.05) is 6.07 Å². The molecule has 2 aromatic heterocycles. The van der Waals surface area contributed by atoms with Crippen LogP contribution in [0.25, 0.3) is 11.0 Å². The minimum absolute atomic E-state index is 0.103. The average Bonchev–Trinajstić information content (AvgIpc) is 2.89. The number of hydrogen-bond donors (Lipinski definition) is 0. The quantitative estimate of drug-likeness (QED) is 0.525. The van der Waals surface area contributed by atoms with Crippen LogP contribution in [0.4, 0.5) is 0 Å². The lowest BCUT2D eigenvalue weighted by molar-refractivity contribution is 0.0692. The highest BCUT2D eigenvalue weighted by atomic mass is 32.2. The van der Waals surface area contributed by atoms with Crippen molar-refractivity contribution < 1.29 is 13.2 Å². The molecule has 11 heteroatoms. The normalized spacial score (nSPS) is 16.9. The second-order valence-electron chi connectivity index (χ2n) is 9.11. The first-order valence-electron chi connectivity index (χ1n) is 11.7. The molecule has 0 spiro atoms. The van der Waals surface area contributed by atoms with Gasteiger partial charge in [-0.2, -0.15) is 4.31 Å². The van der Waals surface area contributed by atoms with E-state index in [2.05, 4.69) is 4.98 Å². The Kier molecular flexibility index (Phi) is 5.84. The largest absolute Gasteiger partial charge is 0.335 e. The predicted molar refractivity (Wildman–Crippen MR) is 130 cm³/mol. The molecule has 1 fully saturated rings. The van der Waals surface area contributed by atoms with E-state index in [1.54, 1.807) is 17.0 Å². The molecule has 0 radical (unpaired) electrons. The summed E-state index contributed by atoms with van der Waals surface area (Å²) in [6.45, 7) is 0.798. The fourth-order valence-corrected chi connectivity index (χ4v) is 6.36. The highest BCUT2D eigenvalue weighted by Gasteiger charge is 2.31. The summed E-state index contributed by atoms with van der Waals surface area (Å²) < 4.78 is 30.1. The SMILES string of the molecule is Cn1c(=O)c2ccc(C(=O)N3CCN(S(=O)(=O)c4ccc5c(c4)CCCC5)CC3)nc2n(C)c1=O. The van der Waals surface area contributed by atoms with Crippen LogP contribution >= 0.6 is 0 Å². The maximum Gasteiger partial charge on any atom is 0.332 e. The van der Waals surface area contributed by atoms with Crippen molar-refractivity contribution >= 4 is 27.0 Å². The molecular weight excluding hydrogens is 470 g/mol. The Morgan fingerprint density at radius 2 is 1.57 bits per heavy atom. The van der Waals surface area contributed by atoms with Crippen molar-refractivity contribution in [3.63, 3.8) is 0 Å². The van der Waals surface area contributed by atoms with Crippen LogP contribution in [0.5, 0.6) is 0 Å². The Morgan fingerprint density at radius 1 is 0.886 bits per heavy atom. The molecule has 10 nitrogen and oxygen atoms in total. The zero-order valence-corrected chi connectivity index (χ0v) is 20.5. The predicted octanol–water partition coefficient (Wildman–Crippen LogP) is 0.658. The fraction of sp³-hybridized carbons (Fsp3) is 0.417. The topological polar surface area (TPSA) is 115 Å². The van der Waals surface area contributed by atoms with Gasteiger partial charge in [0.2, 0.25) is 10.0 Å². The van der Waals surface area contributed by atoms with Crippen LogP contribution in [0.3, 0.4) is 0 Å². The average molecular weight is 498 g/mol. The third kappa shape index (κ3) is 3.98. The number of sulfonamides is 1. The molecule has 0 unspecified atom stereocenters. The van der Waals surface area contributed by atoms with Gasteiger partial charge in [-0.1, -0.05) is 6.07 Å². The van der Waals surface area contributed by atoms with Crippen LogP contribution in [-0.4, -0.2) is 63.8 Å². The van der Waals surface area contributed by atoms with Crippen LogP contribution in [-0.2, 0) is 37.0 Å². The first-order chi connectivity index (χ1) is 16.7. The number of piperazine rings is 1. The van der Waals surface area contributed by atoms with Gasteiger partial charge in [0.15, 0.2) is 0 Å². The Morgan fingerprint density at radius 3 is 2.29 bits per heavy atom. The summed E-state index contributed by atoms with van der Waals surface area (Å²) in [5, 5.41) is 0.243. The second-order valence-corrected chi connectivity index (χ2v) is 11.0. The fourth-order valence-electron chi connectivity index (χ4n) is 4.89. The molecule has 184 valence electrons. The standard InChI is InChI=1S/C24H27N5O5S/c1-26-21-19(22(30)27(2)24(26)32)9-10-20(25-21)23(31)28-11-13-29(14-12-28)35(33,34)18-8-7-16-5-3-4-6-17(16)15-18/h7-10,15H,3-6,11-14H2,1-2H3. The van der Waals surface area contributed by atoms with Gasteiger partial charge in [0.05, 0.1) is 10.3 Å². The first kappa shape index (κ1) is 23.4. The van der Waals surface area contributed by atoms with Crippen molar-refractivity contribution in [2.45, 2.75) is 30.6 Å². The molecule has 0 bridgehead atoms. The van der Waals surface area contributed by atoms with Gasteiger partial charge in [-0.25, -0.2) is 18.2 Å². The van der Waals surface area contributed by atoms with E-state index in [-0.39, 0.29) is 48.8 Å². The number of hydrogen-bond acceptors (Lipinski definition) is 6. The molecule has 3 heterocycles. The number of nitrogens with zero attached hydrogens (tertiary/aromatic N) is 5. The smallest absolute Gasteiger partial charge is 0.332 e. The van der Waals surface area contributed by atoms with Crippen molar-refractivity contribution in [1.29, 1.82) is 0 Å². The van der Waals surface area contributed by atoms with E-state index in [0.29, 0.717) is 4.90 Å². The van der Waals surface area contributed by atoms with E-state index >= 15 is 0 Å². The number of rotatable bonds is 3. The van der Waals surface area contributed by atoms with Crippen LogP contribution in [0.2, 0.25) is 0 Å². The Labute approximate surface area is 202 Å². The maximum atomic E-state index is 13.2. The number of amides is 1. The molecule has 0 saturated carbocycles. The number of carbonyl (C=O) groups is 1. The van der Waals surface area contributed by atoms with Crippen LogP contribution < -0.4 is 11.2 Å². The van der Waals surface area contributed by atoms with Gasteiger partial charge in [-0.05, 0) is 61.1 Å². The number of aryl methyl sites for hydroxylation is 3. The molecule has 0 N–H and O–H groups in total. The zero-order chi connectivity index (χ0) is 24.9. The molecule has 1 amide bonds. The lowest BCUT2D eigenvalue weighted by Gasteiger charge is -2.34. The van der Waals surface area contributed by atoms with Crippen molar-refractivity contribution in [2.24, 2.45) is 14.1 Å². The lowest BCUT2D eigenvalue weighted by Crippen LogP contribution is -2.50. The Bertz CT molecular complexity index is 1570. The van der Waals surface area contributed by atoms with Gasteiger partial charge in [0.1, 0.15) is 11.3 Å². The van der Waals surface area contributed by atoms with Crippen molar-refractivity contribution in [2.75, 3.05) is 26.2 Å². The minimum atomic E-state index is -3.65. The first-order valence-corrected chi connectivity index (χ1v) is 13.1. The van der Waals surface area contributed by atoms with Gasteiger partial charge in [0.25, 0.3) is 11.5 Å². The molecule has 1 saturated heterocycles. The molecule has 1 aliphatic carbocycles. The van der Waals surface area contributed by atoms with E-state index in [4.69, 9.17) is 0 Å². The van der Waals surface area contributed by atoms with Crippen molar-refractivity contribution in [1.82, 2.24) is 23.3 Å². The zero-order valence-electron chi connectivity index (χ0n) is 19.7. The Hall–Kier alpha value is -3.31. The van der Waals surface area contributed by atoms with E-state index in [9.17, 15) is 22.8 Å². The third-order valence-electron chi connectivity index (χ3n) is 7.00. The monoisotopic (exact) mass is 497 g/mol. The summed E-state index contributed by atoms with van der Waals surface area (Å²) in [6, 6.07) is 8.37. The maximum absolute atomic E-state index is 13.2. The molecule has 3 aromatic rings. The molecule has 35 heavy (non-hydrogen) atoms. The highest BCUT2D eigenvalue weighted by molar-refractivity contribution is 7.89. The number of fused-ring (bicyclic) bond motifs is 2. The minimum Gasteiger partial charge on any atom is -0.335 e. The highest BCUT2D eigenvalue weighted by Crippen LogP contribution is 2.26. The van der Waals surface area contributed by atoms with Gasteiger partial charge in [0, 0.05) is 40.3 Å². The van der Waals surface area contributed by atoms with Gasteiger partial charge in [-0.3, -0.25) is 18.7 Å². The second kappa shape index (κ2) is 8.72. The lowest BCUT2D eigenvalue weighted by atomic mass is 9.92. The summed E-state index contributed by atoms with van der Waals surface area (Å²) in [6.07, 6.45) is 4.09. The van der Waals surface area contributed by atoms with Crippen LogP contribution in [0, 0.1) is 0 Å². The van der Waals surface area contributed by atoms with E-state index in [0.717, 1.165) is 35.8 Å². The molecular formula is C24H27N5O5S. The number of aromatic nitrogens is 3. The molecule has 1 aliphatic heterocycles. The molecule has 2 aliphatic rings. The van der Waals surface area contributed by atoms with E-state index in [1.165, 1.54) is 40.7 Å². The van der Waals surface area contributed by atoms with Crippen molar-refractivity contribution in [3.8, 4) is 0 Å². The molecule has 5 rings (SSSR count). The number of benzene rings is 1. The van der Waals surface area contributed by atoms with Crippen LogP contribution in [0.1, 0.15) is 34.5 Å². The molecule has 0 atom stereocenters. The summed E-state index contributed by atoms with van der Waals surface area (Å²) in [5.74, 6) is -0.370. The summed E-state index contributed by atoms with van der Waals surface area (Å²) >= 11 is 0. The number of carbonyl (C=O) groups excluding carboxylic acids is 1. The van der Waals surface area contributed by atoms with Crippen molar-refractivity contribution in [3.05, 3.63) is 68.0 Å². The van der Waals surface area contributed by atoms with Gasteiger partial charge in [-0.15, -0.1) is 0 Å². The Balaban J connectivity index is 1.34. The summed E-state index contributed by atoms with van der Waals surface area (Å²) in [5.41, 5.74) is 1.57. The van der Waals surface area contributed by atoms with E-state index < -0.39 is 21.3 Å². The number of pyridine rings is 1. The van der Waals surface area contributed by atoms with Crippen LogP contribution in [0.15, 0.2) is 44.8 Å². The summed E-state index contributed by atoms with van der Waals surface area (Å²) in [4.78, 5) is 43.9. The summed E-state index contributed by atoms with van der Waals surface area (Å²) in [7, 11) is -0.767. The van der Waals surface area contributed by atoms with Gasteiger partial charge < -0.3 is 4.90 Å². The molecule has 1 aromatic carbocycles.